The second-order valence-electron chi connectivity index (χ2n) is 3.59. The summed E-state index contributed by atoms with van der Waals surface area (Å²) in [6.45, 7) is 12.7. The molecular formula is C11H26N2. The van der Waals surface area contributed by atoms with E-state index in [9.17, 15) is 0 Å². The van der Waals surface area contributed by atoms with E-state index in [2.05, 4.69) is 31.0 Å². The van der Waals surface area contributed by atoms with E-state index < -0.39 is 0 Å². The predicted octanol–water partition coefficient (Wildman–Crippen LogP) is 2.11. The summed E-state index contributed by atoms with van der Waals surface area (Å²) in [4.78, 5) is 2.51. The van der Waals surface area contributed by atoms with Gasteiger partial charge in [0.1, 0.15) is 0 Å². The molecule has 0 bridgehead atoms. The van der Waals surface area contributed by atoms with Gasteiger partial charge in [-0.05, 0) is 13.0 Å². The highest BCUT2D eigenvalue weighted by Gasteiger charge is 2.06. The zero-order chi connectivity index (χ0) is 9.94. The first-order chi connectivity index (χ1) is 6.35. The van der Waals surface area contributed by atoms with E-state index >= 15 is 0 Å². The van der Waals surface area contributed by atoms with Crippen molar-refractivity contribution in [2.24, 2.45) is 0 Å². The molecule has 0 atom stereocenters. The van der Waals surface area contributed by atoms with Crippen molar-refractivity contribution in [2.45, 2.75) is 40.0 Å². The normalized spacial score (nSPS) is 17.8. The Kier molecular flexibility index (Phi) is 9.94. The molecule has 0 spiro atoms. The molecule has 1 saturated heterocycles. The maximum atomic E-state index is 3.33. The van der Waals surface area contributed by atoms with Crippen molar-refractivity contribution in [1.82, 2.24) is 10.2 Å². The second kappa shape index (κ2) is 10.0. The van der Waals surface area contributed by atoms with E-state index in [1.165, 1.54) is 52.0 Å². The summed E-state index contributed by atoms with van der Waals surface area (Å²) in [5.41, 5.74) is 0. The van der Waals surface area contributed by atoms with Gasteiger partial charge in [0.25, 0.3) is 0 Å². The van der Waals surface area contributed by atoms with Gasteiger partial charge in [-0.1, -0.05) is 33.6 Å². The van der Waals surface area contributed by atoms with Gasteiger partial charge in [0, 0.05) is 26.2 Å². The van der Waals surface area contributed by atoms with Crippen LogP contribution in [0, 0.1) is 0 Å². The quantitative estimate of drug-likeness (QED) is 0.726. The maximum absolute atomic E-state index is 3.33. The molecule has 1 heterocycles. The van der Waals surface area contributed by atoms with Crippen molar-refractivity contribution in [3.8, 4) is 0 Å². The van der Waals surface area contributed by atoms with Crippen LogP contribution < -0.4 is 5.32 Å². The molecule has 2 nitrogen and oxygen atoms in total. The van der Waals surface area contributed by atoms with E-state index in [0.717, 1.165) is 0 Å². The highest BCUT2D eigenvalue weighted by atomic mass is 15.2. The smallest absolute Gasteiger partial charge is 0.0107 e. The summed E-state index contributed by atoms with van der Waals surface area (Å²) in [5, 5.41) is 3.33. The maximum Gasteiger partial charge on any atom is 0.0107 e. The lowest BCUT2D eigenvalue weighted by atomic mass is 10.3. The summed E-state index contributed by atoms with van der Waals surface area (Å²) in [7, 11) is 0. The first kappa shape index (κ1) is 12.9. The van der Waals surface area contributed by atoms with E-state index in [-0.39, 0.29) is 0 Å². The molecule has 0 aromatic carbocycles. The number of nitrogens with zero attached hydrogens (tertiary/aromatic N) is 1. The fourth-order valence-electron chi connectivity index (χ4n) is 1.25. The van der Waals surface area contributed by atoms with Crippen molar-refractivity contribution in [1.29, 1.82) is 0 Å². The first-order valence-electron chi connectivity index (χ1n) is 5.78. The number of rotatable bonds is 3. The zero-order valence-corrected chi connectivity index (χ0v) is 9.60. The minimum Gasteiger partial charge on any atom is -0.314 e. The van der Waals surface area contributed by atoms with E-state index in [1.54, 1.807) is 0 Å². The number of piperazine rings is 1. The number of hydrogen-bond donors (Lipinski definition) is 1. The van der Waals surface area contributed by atoms with Gasteiger partial charge in [0.05, 0.1) is 0 Å². The Morgan fingerprint density at radius 2 is 1.46 bits per heavy atom. The van der Waals surface area contributed by atoms with Crippen LogP contribution in [0.5, 0.6) is 0 Å². The summed E-state index contributed by atoms with van der Waals surface area (Å²) in [6, 6.07) is 0. The Morgan fingerprint density at radius 1 is 0.923 bits per heavy atom. The van der Waals surface area contributed by atoms with Gasteiger partial charge in [0.15, 0.2) is 0 Å². The Hall–Kier alpha value is -0.0800. The molecule has 1 N–H and O–H groups in total. The lowest BCUT2D eigenvalue weighted by Crippen LogP contribution is -2.43. The first-order valence-corrected chi connectivity index (χ1v) is 5.78. The molecule has 0 aliphatic carbocycles. The predicted molar refractivity (Wildman–Crippen MR) is 60.2 cm³/mol. The Bertz CT molecular complexity index is 83.3. The van der Waals surface area contributed by atoms with E-state index in [1.807, 2.05) is 0 Å². The largest absolute Gasteiger partial charge is 0.314 e. The van der Waals surface area contributed by atoms with E-state index in [4.69, 9.17) is 0 Å². The molecular weight excluding hydrogens is 160 g/mol. The molecule has 0 unspecified atom stereocenters. The van der Waals surface area contributed by atoms with Crippen LogP contribution in [0.25, 0.3) is 0 Å². The minimum atomic E-state index is 1.18. The fraction of sp³-hybridized carbons (Fsp3) is 1.00. The standard InChI is InChI=1S/C7H16N2.C4H10/c1-2-5-9-6-3-8-4-7-9;1-3-4-2/h8H,2-7H2,1H3;3-4H2,1-2H3. The highest BCUT2D eigenvalue weighted by molar-refractivity contribution is 4.65. The molecule has 1 aliphatic heterocycles. The third kappa shape index (κ3) is 8.26. The van der Waals surface area contributed by atoms with Crippen molar-refractivity contribution in [2.75, 3.05) is 32.7 Å². The van der Waals surface area contributed by atoms with Gasteiger partial charge in [-0.3, -0.25) is 0 Å². The third-order valence-corrected chi connectivity index (χ3v) is 2.25. The molecule has 0 amide bonds. The minimum absolute atomic E-state index is 1.18. The van der Waals surface area contributed by atoms with Crippen LogP contribution in [0.1, 0.15) is 40.0 Å². The van der Waals surface area contributed by atoms with Crippen LogP contribution in [0.3, 0.4) is 0 Å². The monoisotopic (exact) mass is 186 g/mol. The lowest BCUT2D eigenvalue weighted by Gasteiger charge is -2.26. The topological polar surface area (TPSA) is 15.3 Å². The number of hydrogen-bond acceptors (Lipinski definition) is 2. The van der Waals surface area contributed by atoms with Crippen LogP contribution in [0.2, 0.25) is 0 Å². The van der Waals surface area contributed by atoms with E-state index in [0.29, 0.717) is 0 Å². The van der Waals surface area contributed by atoms with Crippen LogP contribution >= 0.6 is 0 Å². The molecule has 1 fully saturated rings. The van der Waals surface area contributed by atoms with Crippen LogP contribution in [0.15, 0.2) is 0 Å². The zero-order valence-electron chi connectivity index (χ0n) is 9.60. The fourth-order valence-corrected chi connectivity index (χ4v) is 1.25. The van der Waals surface area contributed by atoms with Crippen molar-refractivity contribution in [3.05, 3.63) is 0 Å². The van der Waals surface area contributed by atoms with Gasteiger partial charge < -0.3 is 10.2 Å². The summed E-state index contributed by atoms with van der Waals surface area (Å²) in [6.07, 6.45) is 3.93. The molecule has 80 valence electrons. The summed E-state index contributed by atoms with van der Waals surface area (Å²) in [5.74, 6) is 0. The molecule has 1 rings (SSSR count). The molecule has 2 heteroatoms. The van der Waals surface area contributed by atoms with Gasteiger partial charge in [0.2, 0.25) is 0 Å². The number of nitrogens with one attached hydrogen (secondary N) is 1. The van der Waals surface area contributed by atoms with Crippen LogP contribution in [-0.2, 0) is 0 Å². The SMILES string of the molecule is CCCC.CCCN1CCNCC1. The Balaban J connectivity index is 0.000000310. The molecule has 0 aromatic rings. The molecule has 0 saturated carbocycles. The third-order valence-electron chi connectivity index (χ3n) is 2.25. The summed E-state index contributed by atoms with van der Waals surface area (Å²) < 4.78 is 0. The van der Waals surface area contributed by atoms with Gasteiger partial charge in [-0.2, -0.15) is 0 Å². The van der Waals surface area contributed by atoms with Gasteiger partial charge in [-0.15, -0.1) is 0 Å². The van der Waals surface area contributed by atoms with Crippen molar-refractivity contribution < 1.29 is 0 Å². The van der Waals surface area contributed by atoms with Crippen molar-refractivity contribution >= 4 is 0 Å². The second-order valence-corrected chi connectivity index (χ2v) is 3.59. The van der Waals surface area contributed by atoms with Crippen LogP contribution in [-0.4, -0.2) is 37.6 Å². The van der Waals surface area contributed by atoms with Gasteiger partial charge in [-0.25, -0.2) is 0 Å². The average Bonchev–Trinajstić information content (AvgIpc) is 2.20. The number of unbranched alkanes of at least 4 members (excludes halogenated alkanes) is 1. The average molecular weight is 186 g/mol. The Labute approximate surface area is 83.7 Å². The summed E-state index contributed by atoms with van der Waals surface area (Å²) >= 11 is 0. The lowest BCUT2D eigenvalue weighted by molar-refractivity contribution is 0.241. The Morgan fingerprint density at radius 3 is 1.85 bits per heavy atom. The van der Waals surface area contributed by atoms with Crippen LogP contribution in [0.4, 0.5) is 0 Å². The van der Waals surface area contributed by atoms with Gasteiger partial charge >= 0.3 is 0 Å². The molecule has 1 aliphatic rings. The molecule has 0 aromatic heterocycles. The molecule has 13 heavy (non-hydrogen) atoms. The highest BCUT2D eigenvalue weighted by Crippen LogP contribution is 1.92. The molecule has 0 radical (unpaired) electrons. The van der Waals surface area contributed by atoms with Crippen molar-refractivity contribution in [3.63, 3.8) is 0 Å².